The van der Waals surface area contributed by atoms with Crippen LogP contribution < -0.4 is 0 Å². The van der Waals surface area contributed by atoms with Gasteiger partial charge in [0.25, 0.3) is 0 Å². The van der Waals surface area contributed by atoms with Crippen molar-refractivity contribution in [3.05, 3.63) is 23.0 Å². The van der Waals surface area contributed by atoms with Gasteiger partial charge in [-0.05, 0) is 104 Å². The standard InChI is InChI=1S/C27H40O2/c1-16-8-10-25(3)12-13-27(5)19(21(25)14-16)9-11-26(4)20-15-22(28)24(29)17(2)18(20)6-7-23(26)27/h15-16,19-21,23,28H,6-14H2,1-5H3. The first-order chi connectivity index (χ1) is 13.6. The van der Waals surface area contributed by atoms with Crippen molar-refractivity contribution in [2.75, 3.05) is 0 Å². The molecule has 160 valence electrons. The molecule has 8 atom stereocenters. The van der Waals surface area contributed by atoms with E-state index in [9.17, 15) is 9.90 Å². The first-order valence-corrected chi connectivity index (χ1v) is 12.3. The van der Waals surface area contributed by atoms with E-state index in [1.165, 1.54) is 56.9 Å². The lowest BCUT2D eigenvalue weighted by Gasteiger charge is -2.68. The van der Waals surface area contributed by atoms with Crippen molar-refractivity contribution in [3.8, 4) is 0 Å². The monoisotopic (exact) mass is 396 g/mol. The zero-order chi connectivity index (χ0) is 20.8. The predicted molar refractivity (Wildman–Crippen MR) is 117 cm³/mol. The molecule has 1 N–H and O–H groups in total. The lowest BCUT2D eigenvalue weighted by molar-refractivity contribution is -0.171. The van der Waals surface area contributed by atoms with Crippen molar-refractivity contribution in [2.24, 2.45) is 45.8 Å². The van der Waals surface area contributed by atoms with Crippen LogP contribution in [0.5, 0.6) is 0 Å². The van der Waals surface area contributed by atoms with E-state index in [1.54, 1.807) is 0 Å². The van der Waals surface area contributed by atoms with Crippen LogP contribution >= 0.6 is 0 Å². The number of rotatable bonds is 0. The molecule has 29 heavy (non-hydrogen) atoms. The van der Waals surface area contributed by atoms with Crippen molar-refractivity contribution in [2.45, 2.75) is 92.4 Å². The number of aliphatic hydroxyl groups is 1. The highest BCUT2D eigenvalue weighted by Gasteiger charge is 2.63. The number of hydrogen-bond donors (Lipinski definition) is 1. The van der Waals surface area contributed by atoms with Gasteiger partial charge in [-0.15, -0.1) is 0 Å². The second kappa shape index (κ2) is 6.24. The minimum absolute atomic E-state index is 0.00252. The minimum Gasteiger partial charge on any atom is -0.504 e. The summed E-state index contributed by atoms with van der Waals surface area (Å²) in [5, 5.41) is 10.4. The molecule has 0 radical (unpaired) electrons. The summed E-state index contributed by atoms with van der Waals surface area (Å²) in [6.45, 7) is 12.2. The van der Waals surface area contributed by atoms with Crippen molar-refractivity contribution in [1.29, 1.82) is 0 Å². The summed E-state index contributed by atoms with van der Waals surface area (Å²) in [6.07, 6.45) is 13.9. The number of fused-ring (bicyclic) bond motifs is 7. The molecule has 0 amide bonds. The van der Waals surface area contributed by atoms with Gasteiger partial charge in [0.1, 0.15) is 0 Å². The molecule has 0 bridgehead atoms. The van der Waals surface area contributed by atoms with E-state index < -0.39 is 0 Å². The van der Waals surface area contributed by atoms with E-state index in [2.05, 4.69) is 27.7 Å². The quantitative estimate of drug-likeness (QED) is 0.478. The lowest BCUT2D eigenvalue weighted by atomic mass is 9.37. The topological polar surface area (TPSA) is 37.3 Å². The highest BCUT2D eigenvalue weighted by atomic mass is 16.3. The molecule has 0 aromatic rings. The first-order valence-electron chi connectivity index (χ1n) is 12.3. The van der Waals surface area contributed by atoms with Crippen LogP contribution in [0.1, 0.15) is 92.4 Å². The number of aliphatic hydroxyl groups excluding tert-OH is 1. The average Bonchev–Trinajstić information content (AvgIpc) is 2.67. The summed E-state index contributed by atoms with van der Waals surface area (Å²) in [6, 6.07) is 0. The Morgan fingerprint density at radius 2 is 1.72 bits per heavy atom. The predicted octanol–water partition coefficient (Wildman–Crippen LogP) is 7.01. The van der Waals surface area contributed by atoms with E-state index in [0.717, 1.165) is 29.7 Å². The summed E-state index contributed by atoms with van der Waals surface area (Å²) in [5.74, 6) is 3.47. The zero-order valence-electron chi connectivity index (χ0n) is 19.2. The maximum atomic E-state index is 12.4. The molecule has 2 heteroatoms. The smallest absolute Gasteiger partial charge is 0.222 e. The molecule has 0 heterocycles. The van der Waals surface area contributed by atoms with Crippen LogP contribution in [0.3, 0.4) is 0 Å². The molecule has 5 aliphatic carbocycles. The number of carbonyl (C=O) groups excluding carboxylic acids is 1. The van der Waals surface area contributed by atoms with Gasteiger partial charge in [0.15, 0.2) is 5.76 Å². The molecule has 4 fully saturated rings. The van der Waals surface area contributed by atoms with Gasteiger partial charge in [-0.2, -0.15) is 0 Å². The average molecular weight is 397 g/mol. The van der Waals surface area contributed by atoms with E-state index in [0.29, 0.717) is 16.7 Å². The molecule has 0 aromatic carbocycles. The Balaban J connectivity index is 1.53. The van der Waals surface area contributed by atoms with E-state index in [-0.39, 0.29) is 22.9 Å². The van der Waals surface area contributed by atoms with Gasteiger partial charge in [-0.25, -0.2) is 0 Å². The van der Waals surface area contributed by atoms with Crippen molar-refractivity contribution >= 4 is 5.78 Å². The second-order valence-electron chi connectivity index (χ2n) is 12.4. The number of hydrogen-bond acceptors (Lipinski definition) is 2. The molecule has 5 aliphatic rings. The molecule has 0 aliphatic heterocycles. The molecule has 4 saturated carbocycles. The summed E-state index contributed by atoms with van der Waals surface area (Å²) < 4.78 is 0. The van der Waals surface area contributed by atoms with Crippen molar-refractivity contribution < 1.29 is 9.90 Å². The minimum atomic E-state index is -0.136. The Kier molecular flexibility index (Phi) is 4.28. The Labute approximate surface area is 177 Å². The van der Waals surface area contributed by atoms with Crippen LogP contribution in [0.25, 0.3) is 0 Å². The highest BCUT2D eigenvalue weighted by Crippen LogP contribution is 2.71. The molecular weight excluding hydrogens is 356 g/mol. The van der Waals surface area contributed by atoms with Gasteiger partial charge in [-0.3, -0.25) is 4.79 Å². The van der Waals surface area contributed by atoms with E-state index in [1.807, 2.05) is 13.0 Å². The fourth-order valence-electron chi connectivity index (χ4n) is 9.28. The molecule has 0 saturated heterocycles. The largest absolute Gasteiger partial charge is 0.504 e. The normalized spacial score (nSPS) is 52.1. The van der Waals surface area contributed by atoms with Gasteiger partial charge in [0.05, 0.1) is 0 Å². The van der Waals surface area contributed by atoms with Crippen LogP contribution in [0.2, 0.25) is 0 Å². The summed E-state index contributed by atoms with van der Waals surface area (Å²) >= 11 is 0. The van der Waals surface area contributed by atoms with E-state index >= 15 is 0 Å². The molecule has 5 rings (SSSR count). The van der Waals surface area contributed by atoms with Gasteiger partial charge >= 0.3 is 0 Å². The number of Topliss-reactive ketones (excluding diaryl/α,β-unsaturated/α-hetero) is 1. The zero-order valence-corrected chi connectivity index (χ0v) is 19.2. The molecule has 0 aromatic heterocycles. The number of ketones is 1. The number of allylic oxidation sites excluding steroid dienone is 3. The second-order valence-corrected chi connectivity index (χ2v) is 12.4. The van der Waals surface area contributed by atoms with Gasteiger partial charge < -0.3 is 5.11 Å². The van der Waals surface area contributed by atoms with Gasteiger partial charge in [-0.1, -0.05) is 39.7 Å². The number of carbonyl (C=O) groups is 1. The molecule has 0 spiro atoms. The van der Waals surface area contributed by atoms with Crippen LogP contribution in [-0.2, 0) is 4.79 Å². The van der Waals surface area contributed by atoms with Crippen molar-refractivity contribution in [1.82, 2.24) is 0 Å². The van der Waals surface area contributed by atoms with Crippen LogP contribution in [-0.4, -0.2) is 10.9 Å². The van der Waals surface area contributed by atoms with Crippen LogP contribution in [0.4, 0.5) is 0 Å². The molecule has 2 nitrogen and oxygen atoms in total. The molecular formula is C27H40O2. The fraction of sp³-hybridized carbons (Fsp3) is 0.815. The first kappa shape index (κ1) is 19.9. The fourth-order valence-corrected chi connectivity index (χ4v) is 9.28. The van der Waals surface area contributed by atoms with Crippen molar-refractivity contribution in [3.63, 3.8) is 0 Å². The Morgan fingerprint density at radius 3 is 2.48 bits per heavy atom. The summed E-state index contributed by atoms with van der Waals surface area (Å²) in [4.78, 5) is 12.4. The third-order valence-electron chi connectivity index (χ3n) is 11.1. The van der Waals surface area contributed by atoms with Gasteiger partial charge in [0.2, 0.25) is 5.78 Å². The summed E-state index contributed by atoms with van der Waals surface area (Å²) in [7, 11) is 0. The maximum absolute atomic E-state index is 12.4. The van der Waals surface area contributed by atoms with Crippen LogP contribution in [0, 0.1) is 45.8 Å². The van der Waals surface area contributed by atoms with Crippen LogP contribution in [0.15, 0.2) is 23.0 Å². The Morgan fingerprint density at radius 1 is 0.966 bits per heavy atom. The maximum Gasteiger partial charge on any atom is 0.222 e. The van der Waals surface area contributed by atoms with Gasteiger partial charge in [0, 0.05) is 11.5 Å². The SMILES string of the molecule is CC1=C2CCC3C(C)(CCC4C5CC(C)CCC5(C)CCC43C)C2C=C(O)C1=O. The lowest BCUT2D eigenvalue weighted by Crippen LogP contribution is -2.60. The Hall–Kier alpha value is -1.05. The third-order valence-corrected chi connectivity index (χ3v) is 11.1. The highest BCUT2D eigenvalue weighted by molar-refractivity contribution is 6.07. The van der Waals surface area contributed by atoms with E-state index in [4.69, 9.17) is 0 Å². The third kappa shape index (κ3) is 2.56. The Bertz CT molecular complexity index is 805. The summed E-state index contributed by atoms with van der Waals surface area (Å²) in [5.41, 5.74) is 3.33. The molecule has 8 unspecified atom stereocenters.